The second kappa shape index (κ2) is 9.89. The monoisotopic (exact) mass is 410 g/mol. The lowest BCUT2D eigenvalue weighted by molar-refractivity contribution is -0.123. The predicted molar refractivity (Wildman–Crippen MR) is 115 cm³/mol. The highest BCUT2D eigenvalue weighted by molar-refractivity contribution is 6.04. The number of likely N-dealkylation sites (N-methyl/N-ethyl adjacent to an activating group) is 1. The van der Waals surface area contributed by atoms with Crippen molar-refractivity contribution < 1.29 is 19.1 Å². The zero-order valence-corrected chi connectivity index (χ0v) is 17.1. The highest BCUT2D eigenvalue weighted by Crippen LogP contribution is 2.18. The fourth-order valence-corrected chi connectivity index (χ4v) is 2.83. The summed E-state index contributed by atoms with van der Waals surface area (Å²) in [7, 11) is 3.30. The summed E-state index contributed by atoms with van der Waals surface area (Å²) in [6, 6.07) is 14.0. The molecule has 0 radical (unpaired) electrons. The Morgan fingerprint density at radius 1 is 0.900 bits per heavy atom. The summed E-state index contributed by atoms with van der Waals surface area (Å²) in [5.74, 6) is 0.161. The van der Waals surface area contributed by atoms with Crippen LogP contribution in [0.1, 0.15) is 23.2 Å². The van der Waals surface area contributed by atoms with Crippen molar-refractivity contribution in [2.75, 3.05) is 37.9 Å². The summed E-state index contributed by atoms with van der Waals surface area (Å²) >= 11 is 0. The lowest BCUT2D eigenvalue weighted by atomic mass is 10.2. The standard InChI is InChI=1S/C22H26N4O4/c1-26(14-21(28)24-17-7-8-17)13-20(27)23-16-5-3-15(4-6-16)22(29)25-18-9-11-19(30-2)12-10-18/h3-6,9-12,17H,7-8,13-14H2,1-2H3,(H,23,27)(H,24,28)(H,25,29). The largest absolute Gasteiger partial charge is 0.497 e. The highest BCUT2D eigenvalue weighted by Gasteiger charge is 2.23. The van der Waals surface area contributed by atoms with E-state index in [1.54, 1.807) is 67.6 Å². The number of carbonyl (C=O) groups is 3. The number of ether oxygens (including phenoxy) is 1. The van der Waals surface area contributed by atoms with Crippen LogP contribution in [0.4, 0.5) is 11.4 Å². The van der Waals surface area contributed by atoms with Gasteiger partial charge in [0.1, 0.15) is 5.75 Å². The van der Waals surface area contributed by atoms with Crippen molar-refractivity contribution in [1.29, 1.82) is 0 Å². The molecule has 3 N–H and O–H groups in total. The van der Waals surface area contributed by atoms with Gasteiger partial charge in [-0.2, -0.15) is 0 Å². The molecule has 3 rings (SSSR count). The number of hydrogen-bond donors (Lipinski definition) is 3. The van der Waals surface area contributed by atoms with E-state index in [-0.39, 0.29) is 30.8 Å². The van der Waals surface area contributed by atoms with Gasteiger partial charge >= 0.3 is 0 Å². The van der Waals surface area contributed by atoms with Crippen molar-refractivity contribution in [3.8, 4) is 5.75 Å². The molecule has 1 aliphatic carbocycles. The Labute approximate surface area is 175 Å². The summed E-state index contributed by atoms with van der Waals surface area (Å²) in [6.45, 7) is 0.270. The molecule has 0 bridgehead atoms. The first kappa shape index (κ1) is 21.3. The number of benzene rings is 2. The molecule has 3 amide bonds. The Balaban J connectivity index is 1.46. The van der Waals surface area contributed by atoms with Crippen molar-refractivity contribution >= 4 is 29.1 Å². The SMILES string of the molecule is COc1ccc(NC(=O)c2ccc(NC(=O)CN(C)CC(=O)NC3CC3)cc2)cc1. The van der Waals surface area contributed by atoms with Crippen LogP contribution in [0.5, 0.6) is 5.75 Å². The average Bonchev–Trinajstić information content (AvgIpc) is 3.52. The molecule has 1 aliphatic rings. The minimum Gasteiger partial charge on any atom is -0.497 e. The summed E-state index contributed by atoms with van der Waals surface area (Å²) in [5.41, 5.74) is 1.71. The molecule has 2 aromatic carbocycles. The minimum absolute atomic E-state index is 0.0694. The van der Waals surface area contributed by atoms with Crippen molar-refractivity contribution in [2.45, 2.75) is 18.9 Å². The van der Waals surface area contributed by atoms with Gasteiger partial charge < -0.3 is 20.7 Å². The van der Waals surface area contributed by atoms with E-state index in [1.807, 2.05) is 0 Å². The normalized spacial score (nSPS) is 12.9. The van der Waals surface area contributed by atoms with Gasteiger partial charge in [-0.05, 0) is 68.4 Å². The van der Waals surface area contributed by atoms with Gasteiger partial charge in [-0.25, -0.2) is 0 Å². The van der Waals surface area contributed by atoms with Crippen LogP contribution in [0.15, 0.2) is 48.5 Å². The van der Waals surface area contributed by atoms with Crippen molar-refractivity contribution in [1.82, 2.24) is 10.2 Å². The second-order valence-electron chi connectivity index (χ2n) is 7.32. The van der Waals surface area contributed by atoms with E-state index in [9.17, 15) is 14.4 Å². The van der Waals surface area contributed by atoms with Crippen LogP contribution < -0.4 is 20.7 Å². The molecule has 1 saturated carbocycles. The number of amides is 3. The van der Waals surface area contributed by atoms with E-state index < -0.39 is 0 Å². The quantitative estimate of drug-likeness (QED) is 0.588. The van der Waals surface area contributed by atoms with Crippen molar-refractivity contribution in [3.05, 3.63) is 54.1 Å². The van der Waals surface area contributed by atoms with Gasteiger partial charge in [-0.1, -0.05) is 0 Å². The molecule has 0 spiro atoms. The van der Waals surface area contributed by atoms with Crippen LogP contribution in [-0.2, 0) is 9.59 Å². The number of carbonyl (C=O) groups excluding carboxylic acids is 3. The van der Waals surface area contributed by atoms with E-state index in [0.717, 1.165) is 12.8 Å². The maximum absolute atomic E-state index is 12.4. The third-order valence-corrected chi connectivity index (χ3v) is 4.55. The molecular weight excluding hydrogens is 384 g/mol. The third kappa shape index (κ3) is 6.59. The lowest BCUT2D eigenvalue weighted by Crippen LogP contribution is -2.39. The van der Waals surface area contributed by atoms with Crippen LogP contribution in [0.25, 0.3) is 0 Å². The molecule has 0 heterocycles. The minimum atomic E-state index is -0.251. The average molecular weight is 410 g/mol. The Morgan fingerprint density at radius 2 is 1.47 bits per heavy atom. The van der Waals surface area contributed by atoms with E-state index >= 15 is 0 Å². The van der Waals surface area contributed by atoms with E-state index in [1.165, 1.54) is 0 Å². The smallest absolute Gasteiger partial charge is 0.255 e. The van der Waals surface area contributed by atoms with Crippen LogP contribution in [0.2, 0.25) is 0 Å². The first-order valence-corrected chi connectivity index (χ1v) is 9.76. The predicted octanol–water partition coefficient (Wildman–Crippen LogP) is 2.10. The van der Waals surface area contributed by atoms with Gasteiger partial charge in [0.2, 0.25) is 11.8 Å². The molecule has 1 fully saturated rings. The van der Waals surface area contributed by atoms with Gasteiger partial charge in [0.05, 0.1) is 20.2 Å². The van der Waals surface area contributed by atoms with Crippen LogP contribution in [-0.4, -0.2) is 55.9 Å². The summed E-state index contributed by atoms with van der Waals surface area (Å²) in [4.78, 5) is 38.0. The summed E-state index contributed by atoms with van der Waals surface area (Å²) in [5, 5.41) is 8.47. The molecule has 0 aliphatic heterocycles. The molecule has 30 heavy (non-hydrogen) atoms. The number of methoxy groups -OCH3 is 1. The maximum atomic E-state index is 12.4. The number of anilines is 2. The first-order chi connectivity index (χ1) is 14.4. The van der Waals surface area contributed by atoms with Gasteiger partial charge in [0.25, 0.3) is 5.91 Å². The third-order valence-electron chi connectivity index (χ3n) is 4.55. The Kier molecular flexibility index (Phi) is 7.03. The van der Waals surface area contributed by atoms with Crippen molar-refractivity contribution in [2.24, 2.45) is 0 Å². The Bertz CT molecular complexity index is 892. The molecule has 8 heteroatoms. The van der Waals surface area contributed by atoms with Gasteiger partial charge in [-0.15, -0.1) is 0 Å². The summed E-state index contributed by atoms with van der Waals surface area (Å²) < 4.78 is 5.09. The number of nitrogens with zero attached hydrogens (tertiary/aromatic N) is 1. The van der Waals surface area contributed by atoms with Crippen LogP contribution >= 0.6 is 0 Å². The number of rotatable bonds is 9. The zero-order chi connectivity index (χ0) is 21.5. The van der Waals surface area contributed by atoms with E-state index in [2.05, 4.69) is 16.0 Å². The molecule has 2 aromatic rings. The number of hydrogen-bond acceptors (Lipinski definition) is 5. The van der Waals surface area contributed by atoms with E-state index in [4.69, 9.17) is 4.74 Å². The first-order valence-electron chi connectivity index (χ1n) is 9.76. The molecule has 158 valence electrons. The maximum Gasteiger partial charge on any atom is 0.255 e. The fourth-order valence-electron chi connectivity index (χ4n) is 2.83. The number of nitrogens with one attached hydrogen (secondary N) is 3. The second-order valence-corrected chi connectivity index (χ2v) is 7.32. The topological polar surface area (TPSA) is 99.8 Å². The Morgan fingerprint density at radius 3 is 2.07 bits per heavy atom. The van der Waals surface area contributed by atoms with E-state index in [0.29, 0.717) is 28.7 Å². The van der Waals surface area contributed by atoms with Crippen LogP contribution in [0, 0.1) is 0 Å². The van der Waals surface area contributed by atoms with Crippen LogP contribution in [0.3, 0.4) is 0 Å². The lowest BCUT2D eigenvalue weighted by Gasteiger charge is -2.16. The molecule has 0 aromatic heterocycles. The van der Waals surface area contributed by atoms with Crippen molar-refractivity contribution in [3.63, 3.8) is 0 Å². The molecule has 0 saturated heterocycles. The fraction of sp³-hybridized carbons (Fsp3) is 0.318. The summed E-state index contributed by atoms with van der Waals surface area (Å²) in [6.07, 6.45) is 2.06. The zero-order valence-electron chi connectivity index (χ0n) is 17.1. The highest BCUT2D eigenvalue weighted by atomic mass is 16.5. The van der Waals surface area contributed by atoms with Gasteiger partial charge in [-0.3, -0.25) is 19.3 Å². The molecular formula is C22H26N4O4. The molecule has 0 atom stereocenters. The van der Waals surface area contributed by atoms with Gasteiger partial charge in [0, 0.05) is 23.0 Å². The van der Waals surface area contributed by atoms with Gasteiger partial charge in [0.15, 0.2) is 0 Å². The molecule has 8 nitrogen and oxygen atoms in total. The molecule has 0 unspecified atom stereocenters. The Hall–Kier alpha value is -3.39.